The Morgan fingerprint density at radius 2 is 1.67 bits per heavy atom. The number of hydrogen-bond acceptors (Lipinski definition) is 4. The van der Waals surface area contributed by atoms with Gasteiger partial charge in [0.05, 0.1) is 12.1 Å². The van der Waals surface area contributed by atoms with Gasteiger partial charge >= 0.3 is 11.8 Å². The van der Waals surface area contributed by atoms with Crippen LogP contribution in [0.4, 0.5) is 0 Å². The number of carbonyl (C=O) groups is 3. The molecule has 8 nitrogen and oxygen atoms in total. The number of aryl methyl sites for hydroxylation is 1. The Balaban J connectivity index is 2.61. The van der Waals surface area contributed by atoms with Crippen molar-refractivity contribution in [3.8, 4) is 0 Å². The van der Waals surface area contributed by atoms with Crippen molar-refractivity contribution in [3.05, 3.63) is 17.0 Å². The molecule has 1 rings (SSSR count). The summed E-state index contributed by atoms with van der Waals surface area (Å²) in [4.78, 5) is 35.0. The van der Waals surface area contributed by atoms with Crippen LogP contribution in [0.3, 0.4) is 0 Å². The van der Waals surface area contributed by atoms with Crippen LogP contribution in [0.2, 0.25) is 0 Å². The molecule has 1 heterocycles. The molecule has 0 saturated heterocycles. The topological polar surface area (TPSA) is 105 Å². The predicted octanol–water partition coefficient (Wildman–Crippen LogP) is 0.370. The fourth-order valence-corrected chi connectivity index (χ4v) is 2.23. The molecule has 0 aliphatic heterocycles. The lowest BCUT2D eigenvalue weighted by molar-refractivity contribution is -0.141. The highest BCUT2D eigenvalue weighted by molar-refractivity contribution is 6.35. The third kappa shape index (κ3) is 5.68. The second kappa shape index (κ2) is 8.47. The molecule has 0 aliphatic rings. The van der Waals surface area contributed by atoms with E-state index in [1.165, 1.54) is 0 Å². The van der Waals surface area contributed by atoms with E-state index in [1.54, 1.807) is 13.8 Å². The molecule has 24 heavy (non-hydrogen) atoms. The maximum Gasteiger partial charge on any atom is 0.327 e. The zero-order chi connectivity index (χ0) is 18.4. The fraction of sp³-hybridized carbons (Fsp3) is 0.625. The summed E-state index contributed by atoms with van der Waals surface area (Å²) in [5, 5.41) is 6.88. The molecule has 0 atom stereocenters. The number of hydrogen-bond donors (Lipinski definition) is 3. The van der Waals surface area contributed by atoms with Gasteiger partial charge in [0.2, 0.25) is 5.91 Å². The van der Waals surface area contributed by atoms with Gasteiger partial charge in [0.25, 0.3) is 0 Å². The molecule has 8 heteroatoms. The van der Waals surface area contributed by atoms with Crippen molar-refractivity contribution in [1.29, 1.82) is 0 Å². The lowest BCUT2D eigenvalue weighted by atomic mass is 10.1. The molecule has 0 aromatic carbocycles. The molecule has 1 aromatic heterocycles. The monoisotopic (exact) mass is 337 g/mol. The SMILES string of the molecule is Cc1nn(CC(C)C)c(C)c1CC(=O)NNC(=O)C(=O)NC(C)C. The quantitative estimate of drug-likeness (QED) is 0.533. The van der Waals surface area contributed by atoms with E-state index in [1.807, 2.05) is 18.5 Å². The Bertz CT molecular complexity index is 619. The highest BCUT2D eigenvalue weighted by Gasteiger charge is 2.18. The summed E-state index contributed by atoms with van der Waals surface area (Å²) in [6, 6.07) is -0.156. The number of nitrogens with zero attached hydrogens (tertiary/aromatic N) is 2. The van der Waals surface area contributed by atoms with Crippen LogP contribution in [-0.4, -0.2) is 33.5 Å². The van der Waals surface area contributed by atoms with E-state index in [4.69, 9.17) is 0 Å². The van der Waals surface area contributed by atoms with Gasteiger partial charge in [0, 0.05) is 23.8 Å². The van der Waals surface area contributed by atoms with E-state index in [9.17, 15) is 14.4 Å². The maximum absolute atomic E-state index is 12.0. The summed E-state index contributed by atoms with van der Waals surface area (Å²) in [5.74, 6) is -1.65. The summed E-state index contributed by atoms with van der Waals surface area (Å²) in [6.07, 6.45) is 0.0852. The number of carbonyl (C=O) groups excluding carboxylic acids is 3. The third-order valence-electron chi connectivity index (χ3n) is 3.35. The van der Waals surface area contributed by atoms with Gasteiger partial charge in [-0.05, 0) is 33.6 Å². The first-order valence-electron chi connectivity index (χ1n) is 8.04. The first-order chi connectivity index (χ1) is 11.1. The summed E-state index contributed by atoms with van der Waals surface area (Å²) in [6.45, 7) is 12.2. The van der Waals surface area contributed by atoms with E-state index in [2.05, 4.69) is 35.1 Å². The first-order valence-corrected chi connectivity index (χ1v) is 8.04. The molecule has 0 fully saturated rings. The molecule has 3 amide bonds. The number of aromatic nitrogens is 2. The minimum absolute atomic E-state index is 0.0852. The Morgan fingerprint density at radius 1 is 1.04 bits per heavy atom. The predicted molar refractivity (Wildman–Crippen MR) is 89.8 cm³/mol. The summed E-state index contributed by atoms with van der Waals surface area (Å²) in [7, 11) is 0. The van der Waals surface area contributed by atoms with E-state index in [-0.39, 0.29) is 12.5 Å². The van der Waals surface area contributed by atoms with Crippen molar-refractivity contribution >= 4 is 17.7 Å². The molecule has 0 bridgehead atoms. The van der Waals surface area contributed by atoms with Crippen LogP contribution >= 0.6 is 0 Å². The van der Waals surface area contributed by atoms with Crippen molar-refractivity contribution in [1.82, 2.24) is 25.9 Å². The van der Waals surface area contributed by atoms with Crippen LogP contribution in [0, 0.1) is 19.8 Å². The number of amides is 3. The van der Waals surface area contributed by atoms with E-state index < -0.39 is 17.7 Å². The summed E-state index contributed by atoms with van der Waals surface area (Å²) < 4.78 is 1.89. The zero-order valence-corrected chi connectivity index (χ0v) is 15.2. The Labute approximate surface area is 142 Å². The van der Waals surface area contributed by atoms with Gasteiger partial charge in [-0.1, -0.05) is 13.8 Å². The molecule has 3 N–H and O–H groups in total. The smallest absolute Gasteiger partial charge is 0.327 e. The Hall–Kier alpha value is -2.38. The fourth-order valence-electron chi connectivity index (χ4n) is 2.23. The standard InChI is InChI=1S/C16H27N5O3/c1-9(2)8-21-12(6)13(11(5)20-21)7-14(22)18-19-16(24)15(23)17-10(3)4/h9-10H,7-8H2,1-6H3,(H,17,23)(H,18,22)(H,19,24). The molecule has 0 radical (unpaired) electrons. The largest absolute Gasteiger partial charge is 0.346 e. The van der Waals surface area contributed by atoms with Gasteiger partial charge in [-0.25, -0.2) is 0 Å². The number of rotatable bonds is 5. The normalized spacial score (nSPS) is 10.8. The van der Waals surface area contributed by atoms with Crippen molar-refractivity contribution in [2.45, 2.75) is 60.5 Å². The van der Waals surface area contributed by atoms with Crippen molar-refractivity contribution in [2.75, 3.05) is 0 Å². The molecule has 0 saturated carbocycles. The number of hydrazine groups is 1. The van der Waals surface area contributed by atoms with Gasteiger partial charge in [-0.15, -0.1) is 0 Å². The maximum atomic E-state index is 12.0. The zero-order valence-electron chi connectivity index (χ0n) is 15.2. The van der Waals surface area contributed by atoms with Gasteiger partial charge in [-0.2, -0.15) is 5.10 Å². The van der Waals surface area contributed by atoms with Gasteiger partial charge in [-0.3, -0.25) is 29.9 Å². The van der Waals surface area contributed by atoms with Crippen molar-refractivity contribution in [3.63, 3.8) is 0 Å². The van der Waals surface area contributed by atoms with Crippen molar-refractivity contribution < 1.29 is 14.4 Å². The van der Waals surface area contributed by atoms with Gasteiger partial charge in [0.15, 0.2) is 0 Å². The van der Waals surface area contributed by atoms with E-state index >= 15 is 0 Å². The summed E-state index contributed by atoms with van der Waals surface area (Å²) >= 11 is 0. The van der Waals surface area contributed by atoms with Crippen LogP contribution in [0.1, 0.15) is 44.6 Å². The van der Waals surface area contributed by atoms with Crippen LogP contribution in [0.15, 0.2) is 0 Å². The van der Waals surface area contributed by atoms with Crippen LogP contribution < -0.4 is 16.2 Å². The van der Waals surface area contributed by atoms with Crippen LogP contribution in [0.5, 0.6) is 0 Å². The minimum Gasteiger partial charge on any atom is -0.346 e. The van der Waals surface area contributed by atoms with Crippen LogP contribution in [-0.2, 0) is 27.3 Å². The minimum atomic E-state index is -0.902. The van der Waals surface area contributed by atoms with Gasteiger partial charge < -0.3 is 5.32 Å². The van der Waals surface area contributed by atoms with Gasteiger partial charge in [0.1, 0.15) is 0 Å². The van der Waals surface area contributed by atoms with E-state index in [0.717, 1.165) is 23.5 Å². The van der Waals surface area contributed by atoms with E-state index in [0.29, 0.717) is 5.92 Å². The highest BCUT2D eigenvalue weighted by Crippen LogP contribution is 2.15. The second-order valence-corrected chi connectivity index (χ2v) is 6.53. The molecular weight excluding hydrogens is 310 g/mol. The average molecular weight is 337 g/mol. The average Bonchev–Trinajstić information content (AvgIpc) is 2.71. The molecule has 0 spiro atoms. The molecular formula is C16H27N5O3. The lowest BCUT2D eigenvalue weighted by Gasteiger charge is -2.10. The summed E-state index contributed by atoms with van der Waals surface area (Å²) in [5.41, 5.74) is 6.90. The Morgan fingerprint density at radius 3 is 2.21 bits per heavy atom. The molecule has 0 aliphatic carbocycles. The second-order valence-electron chi connectivity index (χ2n) is 6.53. The number of nitrogens with one attached hydrogen (secondary N) is 3. The third-order valence-corrected chi connectivity index (χ3v) is 3.35. The Kier molecular flexibility index (Phi) is 6.94. The highest BCUT2D eigenvalue weighted by atomic mass is 16.2. The molecule has 0 unspecified atom stereocenters. The van der Waals surface area contributed by atoms with Crippen LogP contribution in [0.25, 0.3) is 0 Å². The first kappa shape index (κ1) is 19.7. The van der Waals surface area contributed by atoms with Crippen molar-refractivity contribution in [2.24, 2.45) is 5.92 Å². The molecule has 1 aromatic rings. The molecule has 134 valence electrons. The lowest BCUT2D eigenvalue weighted by Crippen LogP contribution is -2.50.